The van der Waals surface area contributed by atoms with E-state index in [1.807, 2.05) is 13.0 Å². The molecule has 118 valence electrons. The third-order valence-corrected chi connectivity index (χ3v) is 4.47. The van der Waals surface area contributed by atoms with Gasteiger partial charge < -0.3 is 15.4 Å². The molecule has 1 heterocycles. The average molecular weight is 291 g/mol. The lowest BCUT2D eigenvalue weighted by Gasteiger charge is -2.36. The Morgan fingerprint density at radius 2 is 2.24 bits per heavy atom. The highest BCUT2D eigenvalue weighted by molar-refractivity contribution is 5.38. The fourth-order valence-corrected chi connectivity index (χ4v) is 3.10. The normalized spacial score (nSPS) is 21.5. The fraction of sp³-hybridized carbons (Fsp3) is 0.647. The number of likely N-dealkylation sites (tertiary alicyclic amines) is 1. The van der Waals surface area contributed by atoms with Gasteiger partial charge in [-0.2, -0.15) is 0 Å². The van der Waals surface area contributed by atoms with Crippen molar-refractivity contribution in [2.24, 2.45) is 5.73 Å². The molecule has 4 heteroatoms. The van der Waals surface area contributed by atoms with E-state index in [1.165, 1.54) is 30.5 Å². The molecule has 1 saturated heterocycles. The van der Waals surface area contributed by atoms with E-state index in [1.54, 1.807) is 7.11 Å². The summed E-state index contributed by atoms with van der Waals surface area (Å²) in [5.74, 6) is 0.954. The second-order valence-electron chi connectivity index (χ2n) is 6.33. The fourth-order valence-electron chi connectivity index (χ4n) is 3.10. The van der Waals surface area contributed by atoms with Gasteiger partial charge in [0.05, 0.1) is 7.11 Å². The van der Waals surface area contributed by atoms with Gasteiger partial charge in [0.2, 0.25) is 0 Å². The monoisotopic (exact) mass is 291 g/mol. The standard InChI is InChI=1S/C17H29N3O/c1-13(18)14-7-8-17(21-4)15(10-14)11-20(3)16-6-5-9-19(2)12-16/h7-8,10,13,16H,5-6,9,11-12,18H2,1-4H3. The first kappa shape index (κ1) is 16.3. The molecule has 1 aliphatic rings. The van der Waals surface area contributed by atoms with Gasteiger partial charge in [-0.3, -0.25) is 4.90 Å². The van der Waals surface area contributed by atoms with E-state index in [9.17, 15) is 0 Å². The number of nitrogens with zero attached hydrogens (tertiary/aromatic N) is 2. The minimum absolute atomic E-state index is 0.0563. The van der Waals surface area contributed by atoms with Crippen LogP contribution in [0.15, 0.2) is 18.2 Å². The molecule has 1 fully saturated rings. The van der Waals surface area contributed by atoms with Crippen molar-refractivity contribution in [2.45, 2.75) is 38.4 Å². The highest BCUT2D eigenvalue weighted by atomic mass is 16.5. The summed E-state index contributed by atoms with van der Waals surface area (Å²) < 4.78 is 5.51. The number of benzene rings is 1. The Morgan fingerprint density at radius 3 is 2.86 bits per heavy atom. The lowest BCUT2D eigenvalue weighted by molar-refractivity contribution is 0.128. The van der Waals surface area contributed by atoms with Crippen molar-refractivity contribution in [1.82, 2.24) is 9.80 Å². The van der Waals surface area contributed by atoms with Crippen molar-refractivity contribution in [3.8, 4) is 5.75 Å². The van der Waals surface area contributed by atoms with Crippen molar-refractivity contribution in [3.05, 3.63) is 29.3 Å². The maximum absolute atomic E-state index is 6.00. The summed E-state index contributed by atoms with van der Waals surface area (Å²) in [4.78, 5) is 4.86. The number of nitrogens with two attached hydrogens (primary N) is 1. The number of methoxy groups -OCH3 is 1. The molecule has 1 aromatic rings. The molecule has 0 aromatic heterocycles. The van der Waals surface area contributed by atoms with Gasteiger partial charge in [-0.1, -0.05) is 6.07 Å². The van der Waals surface area contributed by atoms with Crippen molar-refractivity contribution in [1.29, 1.82) is 0 Å². The smallest absolute Gasteiger partial charge is 0.123 e. The van der Waals surface area contributed by atoms with E-state index in [0.29, 0.717) is 6.04 Å². The molecule has 2 rings (SSSR count). The van der Waals surface area contributed by atoms with Gasteiger partial charge >= 0.3 is 0 Å². The van der Waals surface area contributed by atoms with Crippen LogP contribution in [0.1, 0.15) is 36.9 Å². The van der Waals surface area contributed by atoms with Crippen molar-refractivity contribution >= 4 is 0 Å². The Bertz CT molecular complexity index is 461. The molecule has 0 radical (unpaired) electrons. The highest BCUT2D eigenvalue weighted by Gasteiger charge is 2.22. The zero-order chi connectivity index (χ0) is 15.4. The Hall–Kier alpha value is -1.10. The summed E-state index contributed by atoms with van der Waals surface area (Å²) in [6.45, 7) is 5.28. The number of rotatable bonds is 5. The summed E-state index contributed by atoms with van der Waals surface area (Å²) in [6, 6.07) is 6.95. The third kappa shape index (κ3) is 4.19. The van der Waals surface area contributed by atoms with E-state index in [2.05, 4.69) is 36.0 Å². The first-order chi connectivity index (χ1) is 10.0. The maximum atomic E-state index is 6.00. The first-order valence-electron chi connectivity index (χ1n) is 7.82. The van der Waals surface area contributed by atoms with Crippen molar-refractivity contribution in [3.63, 3.8) is 0 Å². The zero-order valence-corrected chi connectivity index (χ0v) is 13.8. The van der Waals surface area contributed by atoms with E-state index in [4.69, 9.17) is 10.5 Å². The summed E-state index contributed by atoms with van der Waals surface area (Å²) in [5, 5.41) is 0. The van der Waals surface area contributed by atoms with Crippen LogP contribution >= 0.6 is 0 Å². The van der Waals surface area contributed by atoms with Crippen LogP contribution in [0.3, 0.4) is 0 Å². The highest BCUT2D eigenvalue weighted by Crippen LogP contribution is 2.25. The van der Waals surface area contributed by atoms with E-state index < -0.39 is 0 Å². The van der Waals surface area contributed by atoms with Crippen LogP contribution < -0.4 is 10.5 Å². The largest absolute Gasteiger partial charge is 0.496 e. The van der Waals surface area contributed by atoms with E-state index in [0.717, 1.165) is 18.8 Å². The Kier molecular flexibility index (Phi) is 5.62. The summed E-state index contributed by atoms with van der Waals surface area (Å²) in [7, 11) is 6.15. The molecule has 2 atom stereocenters. The van der Waals surface area contributed by atoms with Crippen LogP contribution in [-0.2, 0) is 6.54 Å². The number of ether oxygens (including phenoxy) is 1. The van der Waals surface area contributed by atoms with Crippen LogP contribution in [-0.4, -0.2) is 50.1 Å². The van der Waals surface area contributed by atoms with Gasteiger partial charge in [0, 0.05) is 30.7 Å². The topological polar surface area (TPSA) is 41.7 Å². The Balaban J connectivity index is 2.11. The SMILES string of the molecule is COc1ccc(C(C)N)cc1CN(C)C1CCCN(C)C1. The molecule has 1 aliphatic heterocycles. The molecule has 0 aliphatic carbocycles. The van der Waals surface area contributed by atoms with Crippen LogP contribution in [0.2, 0.25) is 0 Å². The number of piperidine rings is 1. The minimum atomic E-state index is 0.0563. The van der Waals surface area contributed by atoms with Gasteiger partial charge in [-0.25, -0.2) is 0 Å². The summed E-state index contributed by atoms with van der Waals surface area (Å²) in [6.07, 6.45) is 2.55. The summed E-state index contributed by atoms with van der Waals surface area (Å²) in [5.41, 5.74) is 8.40. The lowest BCUT2D eigenvalue weighted by atomic mass is 10.0. The molecular weight excluding hydrogens is 262 g/mol. The molecule has 0 amide bonds. The average Bonchev–Trinajstić information content (AvgIpc) is 2.47. The quantitative estimate of drug-likeness (QED) is 0.903. The molecule has 4 nitrogen and oxygen atoms in total. The minimum Gasteiger partial charge on any atom is -0.496 e. The molecule has 2 unspecified atom stereocenters. The van der Waals surface area contributed by atoms with Crippen LogP contribution in [0, 0.1) is 0 Å². The van der Waals surface area contributed by atoms with Gasteiger partial charge in [-0.15, -0.1) is 0 Å². The molecule has 0 bridgehead atoms. The van der Waals surface area contributed by atoms with Gasteiger partial charge in [-0.05, 0) is 58.1 Å². The predicted molar refractivity (Wildman–Crippen MR) is 87.6 cm³/mol. The maximum Gasteiger partial charge on any atom is 0.123 e. The predicted octanol–water partition coefficient (Wildman–Crippen LogP) is 2.24. The third-order valence-electron chi connectivity index (χ3n) is 4.47. The van der Waals surface area contributed by atoms with Gasteiger partial charge in [0.15, 0.2) is 0 Å². The van der Waals surface area contributed by atoms with Crippen LogP contribution in [0.4, 0.5) is 0 Å². The van der Waals surface area contributed by atoms with Crippen molar-refractivity contribution < 1.29 is 4.74 Å². The second kappa shape index (κ2) is 7.25. The zero-order valence-electron chi connectivity index (χ0n) is 13.8. The molecule has 1 aromatic carbocycles. The molecule has 0 spiro atoms. The van der Waals surface area contributed by atoms with E-state index >= 15 is 0 Å². The summed E-state index contributed by atoms with van der Waals surface area (Å²) >= 11 is 0. The first-order valence-corrected chi connectivity index (χ1v) is 7.82. The van der Waals surface area contributed by atoms with E-state index in [-0.39, 0.29) is 6.04 Å². The van der Waals surface area contributed by atoms with Crippen molar-refractivity contribution in [2.75, 3.05) is 34.3 Å². The van der Waals surface area contributed by atoms with Crippen LogP contribution in [0.5, 0.6) is 5.75 Å². The van der Waals surface area contributed by atoms with Gasteiger partial charge in [0.25, 0.3) is 0 Å². The van der Waals surface area contributed by atoms with Crippen LogP contribution in [0.25, 0.3) is 0 Å². The number of hydrogen-bond donors (Lipinski definition) is 1. The molecule has 0 saturated carbocycles. The lowest BCUT2D eigenvalue weighted by Crippen LogP contribution is -2.44. The van der Waals surface area contributed by atoms with Gasteiger partial charge in [0.1, 0.15) is 5.75 Å². The second-order valence-corrected chi connectivity index (χ2v) is 6.33. The number of hydrogen-bond acceptors (Lipinski definition) is 4. The molecular formula is C17H29N3O. The Labute approximate surface area is 128 Å². The molecule has 2 N–H and O–H groups in total. The molecule has 21 heavy (non-hydrogen) atoms. The Morgan fingerprint density at radius 1 is 1.48 bits per heavy atom. The number of likely N-dealkylation sites (N-methyl/N-ethyl adjacent to an activating group) is 2.